The summed E-state index contributed by atoms with van der Waals surface area (Å²) in [4.78, 5) is 0. The van der Waals surface area contributed by atoms with Gasteiger partial charge in [0.25, 0.3) is 0 Å². The molecule has 1 N–H and O–H groups in total. The zero-order valence-electron chi connectivity index (χ0n) is 13.1. The summed E-state index contributed by atoms with van der Waals surface area (Å²) in [5.74, 6) is 0.900. The number of benzene rings is 2. The van der Waals surface area contributed by atoms with Crippen molar-refractivity contribution in [2.45, 2.75) is 32.2 Å². The van der Waals surface area contributed by atoms with Gasteiger partial charge in [0.15, 0.2) is 0 Å². The minimum Gasteiger partial charge on any atom is -0.497 e. The fourth-order valence-corrected chi connectivity index (χ4v) is 3.13. The summed E-state index contributed by atoms with van der Waals surface area (Å²) in [5.41, 5.74) is 2.52. The Morgan fingerprint density at radius 1 is 0.909 bits per heavy atom. The van der Waals surface area contributed by atoms with E-state index in [1.165, 1.54) is 21.8 Å². The van der Waals surface area contributed by atoms with Crippen molar-refractivity contribution in [2.24, 2.45) is 0 Å². The highest BCUT2D eigenvalue weighted by Crippen LogP contribution is 2.31. The third-order valence-electron chi connectivity index (χ3n) is 4.27. The first-order chi connectivity index (χ1) is 10.8. The zero-order chi connectivity index (χ0) is 15.4. The molecule has 3 aromatic rings. The number of aliphatic hydroxyl groups is 1. The van der Waals surface area contributed by atoms with Gasteiger partial charge in [-0.25, -0.2) is 0 Å². The molecule has 3 heteroatoms. The predicted molar refractivity (Wildman–Crippen MR) is 91.5 cm³/mol. The van der Waals surface area contributed by atoms with E-state index in [1.807, 2.05) is 6.07 Å². The zero-order valence-corrected chi connectivity index (χ0v) is 13.1. The number of ether oxygens (including phenoxy) is 1. The molecule has 0 saturated carbocycles. The van der Waals surface area contributed by atoms with Gasteiger partial charge in [-0.15, -0.1) is 0 Å². The molecule has 0 saturated heterocycles. The Kier molecular flexibility index (Phi) is 4.64. The predicted octanol–water partition coefficient (Wildman–Crippen LogP) is 4.36. The molecule has 0 fully saturated rings. The van der Waals surface area contributed by atoms with Crippen LogP contribution in [0, 0.1) is 0 Å². The van der Waals surface area contributed by atoms with E-state index in [0.717, 1.165) is 38.0 Å². The molecule has 0 aliphatic heterocycles. The summed E-state index contributed by atoms with van der Waals surface area (Å²) in [6.07, 6.45) is 4.28. The van der Waals surface area contributed by atoms with Gasteiger partial charge in [-0.2, -0.15) is 0 Å². The number of fused-ring (bicyclic) bond motifs is 3. The van der Waals surface area contributed by atoms with Gasteiger partial charge in [-0.05, 0) is 31.0 Å². The van der Waals surface area contributed by atoms with Crippen LogP contribution in [0.1, 0.15) is 25.7 Å². The van der Waals surface area contributed by atoms with Crippen LogP contribution in [-0.4, -0.2) is 23.4 Å². The van der Waals surface area contributed by atoms with Crippen molar-refractivity contribution in [3.05, 3.63) is 42.5 Å². The van der Waals surface area contributed by atoms with E-state index in [0.29, 0.717) is 6.61 Å². The first kappa shape index (κ1) is 14.9. The lowest BCUT2D eigenvalue weighted by Gasteiger charge is -2.08. The fourth-order valence-electron chi connectivity index (χ4n) is 3.13. The third kappa shape index (κ3) is 2.81. The Morgan fingerprint density at radius 3 is 2.50 bits per heavy atom. The monoisotopic (exact) mass is 297 g/mol. The molecule has 3 rings (SSSR count). The lowest BCUT2D eigenvalue weighted by Crippen LogP contribution is -1.98. The molecule has 0 unspecified atom stereocenters. The normalized spacial score (nSPS) is 11.4. The Bertz CT molecular complexity index is 761. The summed E-state index contributed by atoms with van der Waals surface area (Å²) >= 11 is 0. The van der Waals surface area contributed by atoms with Crippen LogP contribution in [0.4, 0.5) is 0 Å². The van der Waals surface area contributed by atoms with Crippen LogP contribution in [-0.2, 0) is 6.54 Å². The van der Waals surface area contributed by atoms with Crippen molar-refractivity contribution in [1.29, 1.82) is 0 Å². The van der Waals surface area contributed by atoms with E-state index in [-0.39, 0.29) is 0 Å². The number of rotatable bonds is 7. The van der Waals surface area contributed by atoms with Gasteiger partial charge in [0.2, 0.25) is 0 Å². The van der Waals surface area contributed by atoms with E-state index in [1.54, 1.807) is 7.11 Å². The second kappa shape index (κ2) is 6.84. The van der Waals surface area contributed by atoms with E-state index in [2.05, 4.69) is 41.0 Å². The summed E-state index contributed by atoms with van der Waals surface area (Å²) in [6.45, 7) is 1.30. The summed E-state index contributed by atoms with van der Waals surface area (Å²) in [5, 5.41) is 11.5. The van der Waals surface area contributed by atoms with Crippen LogP contribution >= 0.6 is 0 Å². The van der Waals surface area contributed by atoms with Gasteiger partial charge in [0.1, 0.15) is 5.75 Å². The Morgan fingerprint density at radius 2 is 1.68 bits per heavy atom. The summed E-state index contributed by atoms with van der Waals surface area (Å²) in [7, 11) is 1.71. The highest BCUT2D eigenvalue weighted by molar-refractivity contribution is 6.08. The van der Waals surface area contributed by atoms with Crippen molar-refractivity contribution >= 4 is 21.8 Å². The Hall–Kier alpha value is -2.00. The smallest absolute Gasteiger partial charge is 0.120 e. The van der Waals surface area contributed by atoms with Gasteiger partial charge in [0.05, 0.1) is 12.6 Å². The highest BCUT2D eigenvalue weighted by atomic mass is 16.5. The second-order valence-corrected chi connectivity index (χ2v) is 5.69. The molecule has 0 aliphatic carbocycles. The van der Waals surface area contributed by atoms with Crippen LogP contribution in [0.2, 0.25) is 0 Å². The van der Waals surface area contributed by atoms with Crippen molar-refractivity contribution in [2.75, 3.05) is 13.7 Å². The van der Waals surface area contributed by atoms with Gasteiger partial charge in [0, 0.05) is 35.5 Å². The first-order valence-corrected chi connectivity index (χ1v) is 8.01. The number of nitrogens with zero attached hydrogens (tertiary/aromatic N) is 1. The van der Waals surface area contributed by atoms with Crippen LogP contribution in [0.3, 0.4) is 0 Å². The van der Waals surface area contributed by atoms with Crippen molar-refractivity contribution in [3.63, 3.8) is 0 Å². The molecule has 1 heterocycles. The maximum absolute atomic E-state index is 8.87. The number of para-hydroxylation sites is 1. The largest absolute Gasteiger partial charge is 0.497 e. The molecule has 0 aliphatic rings. The van der Waals surface area contributed by atoms with Crippen molar-refractivity contribution in [3.8, 4) is 5.75 Å². The highest BCUT2D eigenvalue weighted by Gasteiger charge is 2.10. The topological polar surface area (TPSA) is 34.4 Å². The fraction of sp³-hybridized carbons (Fsp3) is 0.368. The molecule has 0 spiro atoms. The molecule has 3 nitrogen and oxygen atoms in total. The van der Waals surface area contributed by atoms with Gasteiger partial charge in [-0.1, -0.05) is 31.0 Å². The van der Waals surface area contributed by atoms with E-state index in [9.17, 15) is 0 Å². The number of unbranched alkanes of at least 4 members (excludes halogenated alkanes) is 3. The Balaban J connectivity index is 1.97. The quantitative estimate of drug-likeness (QED) is 0.658. The lowest BCUT2D eigenvalue weighted by molar-refractivity contribution is 0.282. The van der Waals surface area contributed by atoms with Crippen molar-refractivity contribution < 1.29 is 9.84 Å². The minimum atomic E-state index is 0.298. The third-order valence-corrected chi connectivity index (χ3v) is 4.27. The number of aryl methyl sites for hydroxylation is 1. The minimum absolute atomic E-state index is 0.298. The molecule has 0 bridgehead atoms. The molecule has 0 radical (unpaired) electrons. The SMILES string of the molecule is COc1ccc2c3ccccc3n(CCCCCCO)c2c1. The number of hydrogen-bond donors (Lipinski definition) is 1. The summed E-state index contributed by atoms with van der Waals surface area (Å²) in [6, 6.07) is 14.9. The maximum Gasteiger partial charge on any atom is 0.120 e. The van der Waals surface area contributed by atoms with Gasteiger partial charge in [-0.3, -0.25) is 0 Å². The van der Waals surface area contributed by atoms with Crippen LogP contribution in [0.15, 0.2) is 42.5 Å². The standard InChI is InChI=1S/C19H23NO2/c1-22-15-10-11-17-16-8-4-5-9-18(16)20(19(17)14-15)12-6-2-3-7-13-21/h4-5,8-11,14,21H,2-3,6-7,12-13H2,1H3. The molecule has 22 heavy (non-hydrogen) atoms. The first-order valence-electron chi connectivity index (χ1n) is 8.01. The Labute approximate surface area is 131 Å². The van der Waals surface area contributed by atoms with Crippen molar-refractivity contribution in [1.82, 2.24) is 4.57 Å². The van der Waals surface area contributed by atoms with Crippen LogP contribution in [0.5, 0.6) is 5.75 Å². The molecule has 116 valence electrons. The molecule has 1 aromatic heterocycles. The van der Waals surface area contributed by atoms with E-state index >= 15 is 0 Å². The van der Waals surface area contributed by atoms with Crippen LogP contribution < -0.4 is 4.74 Å². The molecule has 0 amide bonds. The van der Waals surface area contributed by atoms with E-state index in [4.69, 9.17) is 9.84 Å². The number of aliphatic hydroxyl groups excluding tert-OH is 1. The molecule has 0 atom stereocenters. The van der Waals surface area contributed by atoms with Gasteiger partial charge < -0.3 is 14.4 Å². The average molecular weight is 297 g/mol. The second-order valence-electron chi connectivity index (χ2n) is 5.69. The number of methoxy groups -OCH3 is 1. The molecular formula is C19H23NO2. The average Bonchev–Trinajstić information content (AvgIpc) is 2.88. The van der Waals surface area contributed by atoms with E-state index < -0.39 is 0 Å². The molecule has 2 aromatic carbocycles. The van der Waals surface area contributed by atoms with Crippen LogP contribution in [0.25, 0.3) is 21.8 Å². The van der Waals surface area contributed by atoms with Gasteiger partial charge >= 0.3 is 0 Å². The number of aromatic nitrogens is 1. The lowest BCUT2D eigenvalue weighted by atomic mass is 10.1. The maximum atomic E-state index is 8.87. The summed E-state index contributed by atoms with van der Waals surface area (Å²) < 4.78 is 7.78. The molecular weight excluding hydrogens is 274 g/mol. The number of hydrogen-bond acceptors (Lipinski definition) is 2.